The van der Waals surface area contributed by atoms with E-state index < -0.39 is 0 Å². The van der Waals surface area contributed by atoms with E-state index in [1.807, 2.05) is 54.6 Å². The van der Waals surface area contributed by atoms with Gasteiger partial charge in [0.25, 0.3) is 0 Å². The topological polar surface area (TPSA) is 58.9 Å². The number of dihydropyridines is 1. The van der Waals surface area contributed by atoms with Crippen molar-refractivity contribution in [2.24, 2.45) is 10.9 Å². The number of ketones is 1. The molecule has 1 aliphatic rings. The highest BCUT2D eigenvalue weighted by Gasteiger charge is 2.19. The number of hydrogen-bond donors (Lipinski definition) is 1. The van der Waals surface area contributed by atoms with Gasteiger partial charge in [0.15, 0.2) is 11.5 Å². The third-order valence-electron chi connectivity index (χ3n) is 3.80. The van der Waals surface area contributed by atoms with E-state index in [9.17, 15) is 4.79 Å². The van der Waals surface area contributed by atoms with Crippen LogP contribution in [-0.4, -0.2) is 23.3 Å². The lowest BCUT2D eigenvalue weighted by Gasteiger charge is -2.13. The summed E-state index contributed by atoms with van der Waals surface area (Å²) in [5.41, 5.74) is 2.54. The molecule has 3 rings (SSSR count). The van der Waals surface area contributed by atoms with E-state index in [0.717, 1.165) is 11.3 Å². The van der Waals surface area contributed by atoms with E-state index in [2.05, 4.69) is 9.88 Å². The normalized spacial score (nSPS) is 16.9. The minimum absolute atomic E-state index is 0.00517. The van der Waals surface area contributed by atoms with Gasteiger partial charge < -0.3 is 4.89 Å². The monoisotopic (exact) mass is 319 g/mol. The summed E-state index contributed by atoms with van der Waals surface area (Å²) in [4.78, 5) is 21.0. The Hall–Kier alpha value is -2.98. The lowest BCUT2D eigenvalue weighted by atomic mass is 9.95. The van der Waals surface area contributed by atoms with Crippen LogP contribution in [0.15, 0.2) is 77.8 Å². The molecule has 24 heavy (non-hydrogen) atoms. The number of nitrogens with zero attached hydrogens (tertiary/aromatic N) is 1. The predicted octanol–water partition coefficient (Wildman–Crippen LogP) is 4.06. The van der Waals surface area contributed by atoms with Gasteiger partial charge in [-0.3, -0.25) is 9.79 Å². The van der Waals surface area contributed by atoms with Crippen molar-refractivity contribution in [3.63, 3.8) is 0 Å². The third kappa shape index (κ3) is 3.86. The molecular weight excluding hydrogens is 302 g/mol. The third-order valence-corrected chi connectivity index (χ3v) is 3.80. The maximum absolute atomic E-state index is 12.4. The standard InChI is InChI=1S/C20H17NO3/c22-20(16-8-12-19(24-23)13-9-16)17-7-11-18(21-14-17)10-6-15-4-2-1-3-5-15/h1-13,17,23H,14H2/b10-6+. The quantitative estimate of drug-likeness (QED) is 0.513. The summed E-state index contributed by atoms with van der Waals surface area (Å²) in [6.45, 7) is 0.433. The number of benzene rings is 2. The molecule has 1 aliphatic heterocycles. The van der Waals surface area contributed by atoms with Gasteiger partial charge in [0, 0.05) is 5.56 Å². The fourth-order valence-corrected chi connectivity index (χ4v) is 2.45. The Labute approximate surface area is 140 Å². The van der Waals surface area contributed by atoms with E-state index in [4.69, 9.17) is 5.26 Å². The Morgan fingerprint density at radius 3 is 2.46 bits per heavy atom. The SMILES string of the molecule is O=C(c1ccc(OO)cc1)C1C=CC(/C=C/c2ccccc2)=NC1. The van der Waals surface area contributed by atoms with Crippen LogP contribution in [0, 0.1) is 5.92 Å². The summed E-state index contributed by atoms with van der Waals surface area (Å²) in [6, 6.07) is 16.4. The molecule has 0 amide bonds. The molecule has 0 bridgehead atoms. The first-order chi connectivity index (χ1) is 11.8. The number of aliphatic imine (C=N–C) groups is 1. The second-order valence-corrected chi connectivity index (χ2v) is 5.46. The van der Waals surface area contributed by atoms with Gasteiger partial charge in [-0.2, -0.15) is 0 Å². The van der Waals surface area contributed by atoms with E-state index in [1.165, 1.54) is 0 Å². The number of rotatable bonds is 5. The van der Waals surface area contributed by atoms with Gasteiger partial charge >= 0.3 is 0 Å². The number of carbonyl (C=O) groups excluding carboxylic acids is 1. The molecule has 0 fully saturated rings. The minimum Gasteiger partial charge on any atom is -0.340 e. The highest BCUT2D eigenvalue weighted by Crippen LogP contribution is 2.18. The van der Waals surface area contributed by atoms with E-state index in [0.29, 0.717) is 17.9 Å². The first kappa shape index (κ1) is 15.9. The number of Topliss-reactive ketones (excluding diaryl/α,β-unsaturated/α-hetero) is 1. The van der Waals surface area contributed by atoms with E-state index in [1.54, 1.807) is 24.3 Å². The van der Waals surface area contributed by atoms with Crippen LogP contribution in [0.3, 0.4) is 0 Å². The molecule has 0 aliphatic carbocycles. The number of allylic oxidation sites excluding steroid dienone is 2. The highest BCUT2D eigenvalue weighted by atomic mass is 17.1. The van der Waals surface area contributed by atoms with Crippen molar-refractivity contribution < 1.29 is 14.9 Å². The number of hydrogen-bond acceptors (Lipinski definition) is 4. The molecule has 0 aromatic heterocycles. The molecular formula is C20H17NO3. The lowest BCUT2D eigenvalue weighted by Crippen LogP contribution is -2.19. The summed E-state index contributed by atoms with van der Waals surface area (Å²) in [5, 5.41) is 8.56. The minimum atomic E-state index is -0.264. The Bertz CT molecular complexity index is 789. The molecule has 1 atom stereocenters. The van der Waals surface area contributed by atoms with Crippen LogP contribution >= 0.6 is 0 Å². The summed E-state index contributed by atoms with van der Waals surface area (Å²) in [6.07, 6.45) is 7.70. The zero-order valence-corrected chi connectivity index (χ0v) is 13.0. The Morgan fingerprint density at radius 2 is 1.83 bits per heavy atom. The van der Waals surface area contributed by atoms with Crippen LogP contribution in [0.25, 0.3) is 6.08 Å². The molecule has 0 saturated heterocycles. The Morgan fingerprint density at radius 1 is 1.08 bits per heavy atom. The van der Waals surface area contributed by atoms with E-state index >= 15 is 0 Å². The van der Waals surface area contributed by atoms with Crippen molar-refractivity contribution in [3.05, 3.63) is 84.0 Å². The molecule has 4 nitrogen and oxygen atoms in total. The van der Waals surface area contributed by atoms with E-state index in [-0.39, 0.29) is 11.7 Å². The molecule has 0 radical (unpaired) electrons. The fraction of sp³-hybridized carbons (Fsp3) is 0.100. The molecule has 2 aromatic carbocycles. The molecule has 1 heterocycles. The maximum atomic E-state index is 12.4. The zero-order chi connectivity index (χ0) is 16.8. The summed E-state index contributed by atoms with van der Waals surface area (Å²) < 4.78 is 0. The Balaban J connectivity index is 1.63. The molecule has 0 spiro atoms. The highest BCUT2D eigenvalue weighted by molar-refractivity contribution is 6.08. The molecule has 120 valence electrons. The van der Waals surface area contributed by atoms with Crippen LogP contribution in [0.5, 0.6) is 5.75 Å². The van der Waals surface area contributed by atoms with Crippen LogP contribution in [-0.2, 0) is 0 Å². The molecule has 4 heteroatoms. The zero-order valence-electron chi connectivity index (χ0n) is 13.0. The predicted molar refractivity (Wildman–Crippen MR) is 94.4 cm³/mol. The first-order valence-corrected chi connectivity index (χ1v) is 7.68. The average molecular weight is 319 g/mol. The molecule has 0 saturated carbocycles. The van der Waals surface area contributed by atoms with Gasteiger partial charge in [0.2, 0.25) is 0 Å². The smallest absolute Gasteiger partial charge is 0.171 e. The van der Waals surface area contributed by atoms with Crippen LogP contribution < -0.4 is 4.89 Å². The van der Waals surface area contributed by atoms with Gasteiger partial charge in [-0.25, -0.2) is 5.26 Å². The number of carbonyl (C=O) groups is 1. The largest absolute Gasteiger partial charge is 0.340 e. The van der Waals surface area contributed by atoms with Gasteiger partial charge in [0.05, 0.1) is 18.2 Å². The summed E-state index contributed by atoms with van der Waals surface area (Å²) >= 11 is 0. The first-order valence-electron chi connectivity index (χ1n) is 7.68. The lowest BCUT2D eigenvalue weighted by molar-refractivity contribution is -0.137. The van der Waals surface area contributed by atoms with Gasteiger partial charge in [0.1, 0.15) is 0 Å². The van der Waals surface area contributed by atoms with Crippen molar-refractivity contribution in [2.75, 3.05) is 6.54 Å². The summed E-state index contributed by atoms with van der Waals surface area (Å²) in [5.74, 6) is 0.0439. The average Bonchev–Trinajstić information content (AvgIpc) is 2.67. The molecule has 2 aromatic rings. The van der Waals surface area contributed by atoms with Crippen LogP contribution in [0.4, 0.5) is 0 Å². The van der Waals surface area contributed by atoms with Gasteiger partial charge in [-0.05, 0) is 42.0 Å². The fourth-order valence-electron chi connectivity index (χ4n) is 2.45. The molecule has 1 N–H and O–H groups in total. The van der Waals surface area contributed by atoms with Crippen LogP contribution in [0.2, 0.25) is 0 Å². The van der Waals surface area contributed by atoms with Gasteiger partial charge in [-0.15, -0.1) is 0 Å². The van der Waals surface area contributed by atoms with Crippen LogP contribution in [0.1, 0.15) is 15.9 Å². The van der Waals surface area contributed by atoms with Crippen molar-refractivity contribution in [3.8, 4) is 5.75 Å². The van der Waals surface area contributed by atoms with Crippen molar-refractivity contribution in [1.82, 2.24) is 0 Å². The van der Waals surface area contributed by atoms with Gasteiger partial charge in [-0.1, -0.05) is 42.5 Å². The second kappa shape index (κ2) is 7.53. The summed E-state index contributed by atoms with van der Waals surface area (Å²) in [7, 11) is 0. The maximum Gasteiger partial charge on any atom is 0.171 e. The van der Waals surface area contributed by atoms with Crippen molar-refractivity contribution in [2.45, 2.75) is 0 Å². The molecule has 1 unspecified atom stereocenters. The Kier molecular flexibility index (Phi) is 4.99. The van der Waals surface area contributed by atoms with Crippen molar-refractivity contribution >= 4 is 17.6 Å². The second-order valence-electron chi connectivity index (χ2n) is 5.46. The van der Waals surface area contributed by atoms with Crippen molar-refractivity contribution in [1.29, 1.82) is 0 Å².